The predicted molar refractivity (Wildman–Crippen MR) is 110 cm³/mol. The minimum atomic E-state index is 0.180. The van der Waals surface area contributed by atoms with Gasteiger partial charge in [-0.25, -0.2) is 9.97 Å². The van der Waals surface area contributed by atoms with Crippen molar-refractivity contribution in [2.45, 2.75) is 13.8 Å². The van der Waals surface area contributed by atoms with Gasteiger partial charge in [0.2, 0.25) is 0 Å². The van der Waals surface area contributed by atoms with E-state index in [0.717, 1.165) is 27.1 Å². The van der Waals surface area contributed by atoms with Crippen molar-refractivity contribution in [3.63, 3.8) is 0 Å². The Morgan fingerprint density at radius 2 is 1.85 bits per heavy atom. The molecule has 27 heavy (non-hydrogen) atoms. The number of phenols is 1. The molecule has 0 saturated carbocycles. The minimum absolute atomic E-state index is 0.180. The van der Waals surface area contributed by atoms with Crippen LogP contribution in [0, 0.1) is 6.92 Å². The monoisotopic (exact) mass is 377 g/mol. The number of aromatic hydroxyl groups is 1. The summed E-state index contributed by atoms with van der Waals surface area (Å²) in [7, 11) is 0. The second kappa shape index (κ2) is 7.25. The number of anilines is 2. The van der Waals surface area contributed by atoms with E-state index < -0.39 is 0 Å². The summed E-state index contributed by atoms with van der Waals surface area (Å²) < 4.78 is 5.54. The Bertz CT molecular complexity index is 1090. The van der Waals surface area contributed by atoms with E-state index in [1.165, 1.54) is 0 Å². The molecule has 0 spiro atoms. The molecule has 4 aromatic rings. The zero-order valence-corrected chi connectivity index (χ0v) is 15.9. The highest BCUT2D eigenvalue weighted by Gasteiger charge is 2.15. The molecule has 6 heteroatoms. The highest BCUT2D eigenvalue weighted by molar-refractivity contribution is 7.17. The molecule has 0 radical (unpaired) electrons. The molecule has 2 aromatic heterocycles. The fourth-order valence-corrected chi connectivity index (χ4v) is 3.95. The van der Waals surface area contributed by atoms with Gasteiger partial charge in [0.15, 0.2) is 0 Å². The molecule has 2 heterocycles. The molecule has 0 amide bonds. The third-order valence-electron chi connectivity index (χ3n) is 4.18. The van der Waals surface area contributed by atoms with Crippen LogP contribution in [0.5, 0.6) is 11.5 Å². The van der Waals surface area contributed by atoms with E-state index in [0.29, 0.717) is 23.9 Å². The van der Waals surface area contributed by atoms with E-state index in [1.54, 1.807) is 23.5 Å². The first-order valence-electron chi connectivity index (χ1n) is 8.70. The fraction of sp³-hybridized carbons (Fsp3) is 0.143. The Balaban J connectivity index is 1.82. The summed E-state index contributed by atoms with van der Waals surface area (Å²) in [5.41, 5.74) is 2.73. The largest absolute Gasteiger partial charge is 0.506 e. The van der Waals surface area contributed by atoms with Gasteiger partial charge in [-0.2, -0.15) is 0 Å². The van der Waals surface area contributed by atoms with Crippen molar-refractivity contribution in [1.82, 2.24) is 9.97 Å². The lowest BCUT2D eigenvalue weighted by Gasteiger charge is -2.11. The van der Waals surface area contributed by atoms with Crippen molar-refractivity contribution in [1.29, 1.82) is 0 Å². The summed E-state index contributed by atoms with van der Waals surface area (Å²) in [5, 5.41) is 16.4. The number of rotatable bonds is 5. The van der Waals surface area contributed by atoms with Gasteiger partial charge in [0.1, 0.15) is 28.0 Å². The molecule has 2 aromatic carbocycles. The van der Waals surface area contributed by atoms with Crippen LogP contribution in [0.3, 0.4) is 0 Å². The molecule has 0 atom stereocenters. The maximum absolute atomic E-state index is 10.1. The Kier molecular flexibility index (Phi) is 4.64. The van der Waals surface area contributed by atoms with E-state index in [4.69, 9.17) is 4.74 Å². The van der Waals surface area contributed by atoms with Gasteiger partial charge in [0.05, 0.1) is 17.7 Å². The summed E-state index contributed by atoms with van der Waals surface area (Å²) >= 11 is 1.58. The Labute approximate surface area is 161 Å². The van der Waals surface area contributed by atoms with Gasteiger partial charge < -0.3 is 15.2 Å². The molecule has 5 nitrogen and oxygen atoms in total. The molecule has 0 aliphatic carbocycles. The van der Waals surface area contributed by atoms with Crippen molar-refractivity contribution >= 4 is 33.1 Å². The number of ether oxygens (including phenoxy) is 1. The predicted octanol–water partition coefficient (Wildman–Crippen LogP) is 5.51. The lowest BCUT2D eigenvalue weighted by atomic mass is 10.1. The van der Waals surface area contributed by atoms with Gasteiger partial charge >= 0.3 is 0 Å². The van der Waals surface area contributed by atoms with E-state index in [2.05, 4.69) is 20.7 Å². The molecular weight excluding hydrogens is 358 g/mol. The zero-order chi connectivity index (χ0) is 18.8. The number of para-hydroxylation sites is 2. The molecule has 0 aliphatic rings. The van der Waals surface area contributed by atoms with Crippen molar-refractivity contribution in [3.8, 4) is 22.6 Å². The van der Waals surface area contributed by atoms with Crippen LogP contribution in [0.4, 0.5) is 11.5 Å². The van der Waals surface area contributed by atoms with E-state index in [-0.39, 0.29) is 5.75 Å². The standard InChI is InChI=1S/C21H19N3O2S/c1-3-26-15-10-8-14(9-11-15)16-12-27-21-19(16)20(22-13(2)23-21)24-17-6-4-5-7-18(17)25/h4-12,25H,3H2,1-2H3,(H,22,23,24). The summed E-state index contributed by atoms with van der Waals surface area (Å²) in [6.07, 6.45) is 0. The topological polar surface area (TPSA) is 67.3 Å². The van der Waals surface area contributed by atoms with E-state index in [9.17, 15) is 5.11 Å². The zero-order valence-electron chi connectivity index (χ0n) is 15.1. The van der Waals surface area contributed by atoms with Crippen LogP contribution in [0.25, 0.3) is 21.3 Å². The van der Waals surface area contributed by atoms with Gasteiger partial charge in [0, 0.05) is 10.9 Å². The SMILES string of the molecule is CCOc1ccc(-c2csc3nc(C)nc(Nc4ccccc4O)c23)cc1. The smallest absolute Gasteiger partial charge is 0.143 e. The van der Waals surface area contributed by atoms with Crippen LogP contribution in [-0.4, -0.2) is 21.7 Å². The maximum atomic E-state index is 10.1. The number of hydrogen-bond donors (Lipinski definition) is 2. The van der Waals surface area contributed by atoms with Gasteiger partial charge in [-0.1, -0.05) is 24.3 Å². The lowest BCUT2D eigenvalue weighted by molar-refractivity contribution is 0.340. The summed E-state index contributed by atoms with van der Waals surface area (Å²) in [5.74, 6) is 2.39. The molecule has 0 bridgehead atoms. The third kappa shape index (κ3) is 3.44. The average molecular weight is 377 g/mol. The first-order chi connectivity index (χ1) is 13.2. The number of aryl methyl sites for hydroxylation is 1. The van der Waals surface area contributed by atoms with Crippen molar-refractivity contribution in [2.24, 2.45) is 0 Å². The van der Waals surface area contributed by atoms with Crippen LogP contribution in [0.2, 0.25) is 0 Å². The van der Waals surface area contributed by atoms with Crippen molar-refractivity contribution < 1.29 is 9.84 Å². The molecule has 136 valence electrons. The highest BCUT2D eigenvalue weighted by atomic mass is 32.1. The summed E-state index contributed by atoms with van der Waals surface area (Å²) in [6, 6.07) is 15.1. The van der Waals surface area contributed by atoms with E-state index >= 15 is 0 Å². The quantitative estimate of drug-likeness (QED) is 0.449. The van der Waals surface area contributed by atoms with Crippen molar-refractivity contribution in [2.75, 3.05) is 11.9 Å². The number of fused-ring (bicyclic) bond motifs is 1. The Hall–Kier alpha value is -3.12. The van der Waals surface area contributed by atoms with Crippen LogP contribution in [0.15, 0.2) is 53.9 Å². The fourth-order valence-electron chi connectivity index (χ4n) is 2.96. The van der Waals surface area contributed by atoms with Crippen molar-refractivity contribution in [3.05, 3.63) is 59.7 Å². The molecule has 0 aliphatic heterocycles. The number of aromatic nitrogens is 2. The first kappa shape index (κ1) is 17.3. The van der Waals surface area contributed by atoms with Gasteiger partial charge in [-0.3, -0.25) is 0 Å². The molecular formula is C21H19N3O2S. The highest BCUT2D eigenvalue weighted by Crippen LogP contribution is 2.39. The normalized spacial score (nSPS) is 10.9. The number of thiophene rings is 1. The molecule has 0 fully saturated rings. The Morgan fingerprint density at radius 3 is 2.59 bits per heavy atom. The molecule has 0 saturated heterocycles. The third-order valence-corrected chi connectivity index (χ3v) is 5.05. The summed E-state index contributed by atoms with van der Waals surface area (Å²) in [4.78, 5) is 10.1. The lowest BCUT2D eigenvalue weighted by Crippen LogP contribution is -1.98. The number of benzene rings is 2. The number of nitrogens with one attached hydrogen (secondary N) is 1. The molecule has 0 unspecified atom stereocenters. The second-order valence-electron chi connectivity index (χ2n) is 6.05. The van der Waals surface area contributed by atoms with Crippen LogP contribution >= 0.6 is 11.3 Å². The molecule has 4 rings (SSSR count). The second-order valence-corrected chi connectivity index (χ2v) is 6.91. The first-order valence-corrected chi connectivity index (χ1v) is 9.57. The number of hydrogen-bond acceptors (Lipinski definition) is 6. The van der Waals surface area contributed by atoms with Gasteiger partial charge in [-0.05, 0) is 43.7 Å². The Morgan fingerprint density at radius 1 is 1.07 bits per heavy atom. The molecule has 2 N–H and O–H groups in total. The van der Waals surface area contributed by atoms with Crippen LogP contribution < -0.4 is 10.1 Å². The average Bonchev–Trinajstić information content (AvgIpc) is 3.08. The van der Waals surface area contributed by atoms with Crippen LogP contribution in [0.1, 0.15) is 12.7 Å². The van der Waals surface area contributed by atoms with E-state index in [1.807, 2.05) is 50.2 Å². The van der Waals surface area contributed by atoms with Gasteiger partial charge in [-0.15, -0.1) is 11.3 Å². The summed E-state index contributed by atoms with van der Waals surface area (Å²) in [6.45, 7) is 4.48. The number of nitrogens with zero attached hydrogens (tertiary/aromatic N) is 2. The maximum Gasteiger partial charge on any atom is 0.143 e. The number of phenolic OH excluding ortho intramolecular Hbond substituents is 1. The minimum Gasteiger partial charge on any atom is -0.506 e. The van der Waals surface area contributed by atoms with Crippen LogP contribution in [-0.2, 0) is 0 Å². The van der Waals surface area contributed by atoms with Gasteiger partial charge in [0.25, 0.3) is 0 Å².